The summed E-state index contributed by atoms with van der Waals surface area (Å²) in [4.78, 5) is 0. The van der Waals surface area contributed by atoms with E-state index in [2.05, 4.69) is 12.6 Å². The molecule has 1 heteroatoms. The Bertz CT molecular complexity index is 122. The average molecular weight is 92.1 g/mol. The Kier molecular flexibility index (Phi) is 0.796. The van der Waals surface area contributed by atoms with Crippen LogP contribution in [0.15, 0.2) is 12.2 Å². The highest BCUT2D eigenvalue weighted by atomic mass is 14.3. The first-order chi connectivity index (χ1) is 3.33. The van der Waals surface area contributed by atoms with Crippen molar-refractivity contribution in [1.29, 1.82) is 5.26 Å². The van der Waals surface area contributed by atoms with E-state index in [1.165, 1.54) is 0 Å². The van der Waals surface area contributed by atoms with Gasteiger partial charge in [0.15, 0.2) is 0 Å². The molecule has 0 spiro atoms. The van der Waals surface area contributed by atoms with Crippen LogP contribution in [0.2, 0.25) is 0 Å². The van der Waals surface area contributed by atoms with Crippen LogP contribution >= 0.6 is 0 Å². The summed E-state index contributed by atoms with van der Waals surface area (Å²) in [6.07, 6.45) is 2.77. The molecule has 34 valence electrons. The summed E-state index contributed by atoms with van der Waals surface area (Å²) in [5, 5.41) is 8.18. The molecule has 7 heavy (non-hydrogen) atoms. The second kappa shape index (κ2) is 1.31. The zero-order chi connectivity index (χ0) is 5.28. The Hall–Kier alpha value is -0.900. The first-order valence-corrected chi connectivity index (χ1v) is 2.25. The number of nitriles is 1. The van der Waals surface area contributed by atoms with Crippen molar-refractivity contribution in [3.05, 3.63) is 18.6 Å². The quantitative estimate of drug-likeness (QED) is 0.413. The highest BCUT2D eigenvalue weighted by molar-refractivity contribution is 5.27. The molecule has 1 unspecified atom stereocenters. The molecule has 1 aliphatic rings. The fourth-order valence-corrected chi connectivity index (χ4v) is 0.616. The van der Waals surface area contributed by atoms with Crippen LogP contribution < -0.4 is 0 Å². The molecule has 0 N–H and O–H groups in total. The largest absolute Gasteiger partial charge is 0.196 e. The van der Waals surface area contributed by atoms with Crippen molar-refractivity contribution in [2.75, 3.05) is 0 Å². The Morgan fingerprint density at radius 1 is 2.00 bits per heavy atom. The Morgan fingerprint density at radius 2 is 2.57 bits per heavy atom. The van der Waals surface area contributed by atoms with Gasteiger partial charge in [-0.15, -0.1) is 0 Å². The second-order valence-electron chi connectivity index (χ2n) is 1.76. The van der Waals surface area contributed by atoms with Gasteiger partial charge >= 0.3 is 0 Å². The molecule has 1 atom stereocenters. The lowest BCUT2D eigenvalue weighted by Crippen LogP contribution is -2.11. The molecule has 0 aliphatic heterocycles. The van der Waals surface area contributed by atoms with Crippen molar-refractivity contribution in [3.8, 4) is 6.07 Å². The summed E-state index contributed by atoms with van der Waals surface area (Å²) in [7, 11) is 0. The van der Waals surface area contributed by atoms with Crippen LogP contribution in [0.4, 0.5) is 0 Å². The molecule has 1 aliphatic carbocycles. The molecule has 0 heterocycles. The smallest absolute Gasteiger partial charge is 0.137 e. The molecule has 0 aromatic rings. The van der Waals surface area contributed by atoms with Gasteiger partial charge in [0.2, 0.25) is 0 Å². The van der Waals surface area contributed by atoms with Crippen LogP contribution in [-0.4, -0.2) is 0 Å². The van der Waals surface area contributed by atoms with Crippen LogP contribution in [0.3, 0.4) is 0 Å². The van der Waals surface area contributed by atoms with Crippen LogP contribution in [0, 0.1) is 23.7 Å². The van der Waals surface area contributed by atoms with E-state index < -0.39 is 0 Å². The Labute approximate surface area is 43.3 Å². The molecule has 0 aromatic carbocycles. The third kappa shape index (κ3) is 0.592. The lowest BCUT2D eigenvalue weighted by Gasteiger charge is -2.10. The number of nitrogens with zero attached hydrogens (tertiary/aromatic N) is 1. The third-order valence-corrected chi connectivity index (χ3v) is 1.08. The molecule has 0 aromatic heterocycles. The lowest BCUT2D eigenvalue weighted by molar-refractivity contribution is 0.663. The molecule has 0 amide bonds. The van der Waals surface area contributed by atoms with E-state index in [9.17, 15) is 0 Å². The Balaban J connectivity index is 2.34. The van der Waals surface area contributed by atoms with Gasteiger partial charge in [-0.1, -0.05) is 0 Å². The van der Waals surface area contributed by atoms with Gasteiger partial charge in [0.05, 0.1) is 12.5 Å². The van der Waals surface area contributed by atoms with E-state index in [-0.39, 0.29) is 5.92 Å². The predicted octanol–water partition coefficient (Wildman–Crippen LogP) is 1.29. The summed E-state index contributed by atoms with van der Waals surface area (Å²) in [5.74, 6) is 0.174. The van der Waals surface area contributed by atoms with E-state index in [1.807, 2.05) is 6.42 Å². The summed E-state index contributed by atoms with van der Waals surface area (Å²) < 4.78 is 0. The Morgan fingerprint density at radius 3 is 2.71 bits per heavy atom. The van der Waals surface area contributed by atoms with E-state index in [0.717, 1.165) is 12.0 Å². The minimum atomic E-state index is 0.174. The summed E-state index contributed by atoms with van der Waals surface area (Å²) in [5.41, 5.74) is 1.10. The van der Waals surface area contributed by atoms with Crippen LogP contribution in [-0.2, 0) is 0 Å². The van der Waals surface area contributed by atoms with Crippen molar-refractivity contribution >= 4 is 0 Å². The fraction of sp³-hybridized carbons (Fsp3) is 0.333. The van der Waals surface area contributed by atoms with Crippen molar-refractivity contribution in [1.82, 2.24) is 0 Å². The molecule has 1 saturated carbocycles. The van der Waals surface area contributed by atoms with E-state index in [4.69, 9.17) is 5.26 Å². The van der Waals surface area contributed by atoms with Crippen molar-refractivity contribution < 1.29 is 0 Å². The van der Waals surface area contributed by atoms with E-state index in [1.54, 1.807) is 0 Å². The van der Waals surface area contributed by atoms with Gasteiger partial charge in [-0.2, -0.15) is 5.26 Å². The third-order valence-electron chi connectivity index (χ3n) is 1.08. The maximum atomic E-state index is 8.18. The fourth-order valence-electron chi connectivity index (χ4n) is 0.616. The number of rotatable bonds is 0. The highest BCUT2D eigenvalue weighted by Gasteiger charge is 2.28. The highest BCUT2D eigenvalue weighted by Crippen LogP contribution is 2.28. The van der Waals surface area contributed by atoms with Gasteiger partial charge in [-0.3, -0.25) is 0 Å². The van der Waals surface area contributed by atoms with Crippen molar-refractivity contribution in [3.63, 3.8) is 0 Å². The summed E-state index contributed by atoms with van der Waals surface area (Å²) in [6, 6.07) is 2.12. The monoisotopic (exact) mass is 92.0 g/mol. The van der Waals surface area contributed by atoms with Gasteiger partial charge in [-0.05, 0) is 0 Å². The van der Waals surface area contributed by atoms with E-state index in [0.29, 0.717) is 0 Å². The molecular formula is C6H6N+. The number of hydrogen-bond acceptors (Lipinski definition) is 1. The maximum absolute atomic E-state index is 8.18. The van der Waals surface area contributed by atoms with Gasteiger partial charge in [-0.25, -0.2) is 0 Å². The van der Waals surface area contributed by atoms with Crippen LogP contribution in [0.25, 0.3) is 0 Å². The van der Waals surface area contributed by atoms with Crippen LogP contribution in [0.5, 0.6) is 0 Å². The topological polar surface area (TPSA) is 23.8 Å². The molecule has 0 radical (unpaired) electrons. The van der Waals surface area contributed by atoms with Gasteiger partial charge in [0.1, 0.15) is 11.5 Å². The molecular weight excluding hydrogens is 86.1 g/mol. The van der Waals surface area contributed by atoms with Crippen LogP contribution in [0.1, 0.15) is 6.42 Å². The second-order valence-corrected chi connectivity index (χ2v) is 1.76. The first kappa shape index (κ1) is 4.26. The van der Waals surface area contributed by atoms with E-state index >= 15 is 0 Å². The minimum Gasteiger partial charge on any atom is -0.196 e. The lowest BCUT2D eigenvalue weighted by atomic mass is 9.82. The van der Waals surface area contributed by atoms with Gasteiger partial charge < -0.3 is 0 Å². The summed E-state index contributed by atoms with van der Waals surface area (Å²) in [6.45, 7) is 3.65. The molecule has 0 bridgehead atoms. The number of hydrogen-bond donors (Lipinski definition) is 0. The average Bonchev–Trinajstić information content (AvgIpc) is 1.58. The molecule has 1 nitrogen and oxygen atoms in total. The maximum Gasteiger partial charge on any atom is 0.137 e. The van der Waals surface area contributed by atoms with Crippen molar-refractivity contribution in [2.24, 2.45) is 5.92 Å². The normalized spacial score (nSPS) is 27.3. The number of allylic oxidation sites excluding steroid dienone is 1. The summed E-state index contributed by atoms with van der Waals surface area (Å²) >= 11 is 0. The first-order valence-electron chi connectivity index (χ1n) is 2.25. The van der Waals surface area contributed by atoms with Gasteiger partial charge in [0.25, 0.3) is 0 Å². The molecule has 1 fully saturated rings. The zero-order valence-electron chi connectivity index (χ0n) is 4.02. The molecule has 1 rings (SSSR count). The van der Waals surface area contributed by atoms with Crippen molar-refractivity contribution in [2.45, 2.75) is 6.42 Å². The van der Waals surface area contributed by atoms with Gasteiger partial charge in [0, 0.05) is 13.0 Å². The SMILES string of the molecule is C=C1[CH+]C(C#N)C1. The standard InChI is InChI=1S/C6H6N/c1-5-2-6(3-5)4-7/h2,6H,1,3H2/q+1. The zero-order valence-corrected chi connectivity index (χ0v) is 4.02. The predicted molar refractivity (Wildman–Crippen MR) is 27.2 cm³/mol. The minimum absolute atomic E-state index is 0.174. The molecule has 0 saturated heterocycles.